The average Bonchev–Trinajstić information content (AvgIpc) is 3.01. The Kier molecular flexibility index (Phi) is 5.35. The molecule has 2 N–H and O–H groups in total. The Balaban J connectivity index is 1.85. The summed E-state index contributed by atoms with van der Waals surface area (Å²) in [4.78, 5) is 29.5. The SMILES string of the molecule is CC(C)CNC(=O)c1nc(C(=O)Nc2ccc(F)cc2)c2n1CCCC2. The number of nitrogens with zero attached hydrogens (tertiary/aromatic N) is 2. The fraction of sp³-hybridized carbons (Fsp3) is 0.421. The number of hydrogen-bond acceptors (Lipinski definition) is 3. The van der Waals surface area contributed by atoms with Crippen molar-refractivity contribution < 1.29 is 14.0 Å². The van der Waals surface area contributed by atoms with Gasteiger partial charge in [-0.25, -0.2) is 9.37 Å². The molecule has 0 fully saturated rings. The molecule has 0 spiro atoms. The van der Waals surface area contributed by atoms with Crippen molar-refractivity contribution in [1.82, 2.24) is 14.9 Å². The van der Waals surface area contributed by atoms with Crippen LogP contribution in [-0.4, -0.2) is 27.9 Å². The Hall–Kier alpha value is -2.70. The van der Waals surface area contributed by atoms with Gasteiger partial charge in [0.25, 0.3) is 11.8 Å². The van der Waals surface area contributed by atoms with Crippen LogP contribution in [0.3, 0.4) is 0 Å². The highest BCUT2D eigenvalue weighted by Gasteiger charge is 2.27. The molecule has 2 aromatic rings. The minimum atomic E-state index is -0.384. The second-order valence-corrected chi connectivity index (χ2v) is 6.90. The Morgan fingerprint density at radius 2 is 1.92 bits per heavy atom. The largest absolute Gasteiger partial charge is 0.349 e. The summed E-state index contributed by atoms with van der Waals surface area (Å²) in [5.41, 5.74) is 1.54. The molecular weight excluding hydrogens is 335 g/mol. The van der Waals surface area contributed by atoms with E-state index in [9.17, 15) is 14.0 Å². The number of fused-ring (bicyclic) bond motifs is 1. The summed E-state index contributed by atoms with van der Waals surface area (Å²) >= 11 is 0. The van der Waals surface area contributed by atoms with E-state index in [2.05, 4.69) is 15.6 Å². The van der Waals surface area contributed by atoms with Gasteiger partial charge in [0.05, 0.1) is 5.69 Å². The van der Waals surface area contributed by atoms with E-state index < -0.39 is 0 Å². The van der Waals surface area contributed by atoms with Crippen LogP contribution < -0.4 is 10.6 Å². The molecule has 0 saturated heterocycles. The Labute approximate surface area is 151 Å². The highest BCUT2D eigenvalue weighted by Crippen LogP contribution is 2.22. The topological polar surface area (TPSA) is 76.0 Å². The van der Waals surface area contributed by atoms with E-state index in [0.29, 0.717) is 31.1 Å². The van der Waals surface area contributed by atoms with Crippen LogP contribution in [0.15, 0.2) is 24.3 Å². The van der Waals surface area contributed by atoms with Crippen LogP contribution in [0.25, 0.3) is 0 Å². The lowest BCUT2D eigenvalue weighted by Crippen LogP contribution is -2.30. The third-order valence-electron chi connectivity index (χ3n) is 4.31. The van der Waals surface area contributed by atoms with Crippen LogP contribution >= 0.6 is 0 Å². The van der Waals surface area contributed by atoms with E-state index in [1.165, 1.54) is 24.3 Å². The Bertz CT molecular complexity index is 812. The van der Waals surface area contributed by atoms with Gasteiger partial charge in [-0.3, -0.25) is 9.59 Å². The molecule has 7 heteroatoms. The maximum absolute atomic E-state index is 13.0. The smallest absolute Gasteiger partial charge is 0.287 e. The molecule has 1 aromatic carbocycles. The number of carbonyl (C=O) groups is 2. The van der Waals surface area contributed by atoms with Gasteiger partial charge in [0, 0.05) is 18.8 Å². The summed E-state index contributed by atoms with van der Waals surface area (Å²) in [6, 6.07) is 5.55. The van der Waals surface area contributed by atoms with Crippen molar-refractivity contribution in [1.29, 1.82) is 0 Å². The highest BCUT2D eigenvalue weighted by molar-refractivity contribution is 6.05. The normalized spacial score (nSPS) is 13.4. The minimum absolute atomic E-state index is 0.261. The number of carbonyl (C=O) groups excluding carboxylic acids is 2. The molecule has 3 rings (SSSR count). The summed E-state index contributed by atoms with van der Waals surface area (Å²) in [5.74, 6) is -0.403. The number of anilines is 1. The molecular formula is C19H23FN4O2. The van der Waals surface area contributed by atoms with E-state index >= 15 is 0 Å². The summed E-state index contributed by atoms with van der Waals surface area (Å²) in [6.07, 6.45) is 2.61. The molecule has 2 heterocycles. The van der Waals surface area contributed by atoms with Crippen molar-refractivity contribution in [2.75, 3.05) is 11.9 Å². The quantitative estimate of drug-likeness (QED) is 0.863. The first-order chi connectivity index (χ1) is 12.5. The predicted molar refractivity (Wildman–Crippen MR) is 96.7 cm³/mol. The van der Waals surface area contributed by atoms with Crippen LogP contribution in [0.5, 0.6) is 0 Å². The van der Waals surface area contributed by atoms with Gasteiger partial charge in [0.15, 0.2) is 11.5 Å². The maximum Gasteiger partial charge on any atom is 0.287 e. The van der Waals surface area contributed by atoms with Gasteiger partial charge in [-0.05, 0) is 49.4 Å². The van der Waals surface area contributed by atoms with Crippen molar-refractivity contribution in [3.8, 4) is 0 Å². The van der Waals surface area contributed by atoms with E-state index in [0.717, 1.165) is 18.5 Å². The zero-order valence-electron chi connectivity index (χ0n) is 15.0. The van der Waals surface area contributed by atoms with Crippen molar-refractivity contribution >= 4 is 17.5 Å². The fourth-order valence-corrected chi connectivity index (χ4v) is 3.00. The van der Waals surface area contributed by atoms with Gasteiger partial charge in [-0.15, -0.1) is 0 Å². The molecule has 26 heavy (non-hydrogen) atoms. The maximum atomic E-state index is 13.0. The number of halogens is 1. The number of rotatable bonds is 5. The number of hydrogen-bond donors (Lipinski definition) is 2. The third kappa shape index (κ3) is 3.92. The van der Waals surface area contributed by atoms with E-state index in [1.54, 1.807) is 0 Å². The molecule has 1 aliphatic rings. The first-order valence-corrected chi connectivity index (χ1v) is 8.90. The van der Waals surface area contributed by atoms with E-state index in [1.807, 2.05) is 18.4 Å². The van der Waals surface area contributed by atoms with Crippen molar-refractivity contribution in [2.45, 2.75) is 39.7 Å². The molecule has 0 bridgehead atoms. The van der Waals surface area contributed by atoms with Crippen LogP contribution in [0.2, 0.25) is 0 Å². The van der Waals surface area contributed by atoms with Crippen molar-refractivity contribution in [2.24, 2.45) is 5.92 Å². The lowest BCUT2D eigenvalue weighted by molar-refractivity contribution is 0.0933. The number of benzene rings is 1. The Morgan fingerprint density at radius 1 is 1.19 bits per heavy atom. The van der Waals surface area contributed by atoms with Gasteiger partial charge >= 0.3 is 0 Å². The van der Waals surface area contributed by atoms with Crippen molar-refractivity contribution in [3.05, 3.63) is 47.3 Å². The van der Waals surface area contributed by atoms with Crippen LogP contribution in [-0.2, 0) is 13.0 Å². The fourth-order valence-electron chi connectivity index (χ4n) is 3.00. The van der Waals surface area contributed by atoms with E-state index in [-0.39, 0.29) is 29.1 Å². The van der Waals surface area contributed by atoms with Crippen LogP contribution in [0.1, 0.15) is 53.5 Å². The molecule has 0 saturated carbocycles. The van der Waals surface area contributed by atoms with Gasteiger partial charge in [0.1, 0.15) is 5.82 Å². The minimum Gasteiger partial charge on any atom is -0.349 e. The Morgan fingerprint density at radius 3 is 2.62 bits per heavy atom. The molecule has 0 radical (unpaired) electrons. The van der Waals surface area contributed by atoms with Gasteiger partial charge < -0.3 is 15.2 Å². The lowest BCUT2D eigenvalue weighted by atomic mass is 10.1. The monoisotopic (exact) mass is 358 g/mol. The number of imidazole rings is 1. The van der Waals surface area contributed by atoms with Gasteiger partial charge in [-0.1, -0.05) is 13.8 Å². The zero-order chi connectivity index (χ0) is 18.7. The molecule has 1 aliphatic heterocycles. The van der Waals surface area contributed by atoms with Gasteiger partial charge in [0.2, 0.25) is 0 Å². The highest BCUT2D eigenvalue weighted by atomic mass is 19.1. The van der Waals surface area contributed by atoms with Crippen LogP contribution in [0, 0.1) is 11.7 Å². The molecule has 1 aromatic heterocycles. The van der Waals surface area contributed by atoms with Gasteiger partial charge in [-0.2, -0.15) is 0 Å². The number of nitrogens with one attached hydrogen (secondary N) is 2. The van der Waals surface area contributed by atoms with E-state index in [4.69, 9.17) is 0 Å². The first-order valence-electron chi connectivity index (χ1n) is 8.90. The molecule has 0 aliphatic carbocycles. The molecule has 0 unspecified atom stereocenters. The second kappa shape index (κ2) is 7.68. The second-order valence-electron chi connectivity index (χ2n) is 6.90. The molecule has 6 nitrogen and oxygen atoms in total. The summed E-state index contributed by atoms with van der Waals surface area (Å²) < 4.78 is 14.9. The zero-order valence-corrected chi connectivity index (χ0v) is 15.0. The summed E-state index contributed by atoms with van der Waals surface area (Å²) in [6.45, 7) is 5.26. The van der Waals surface area contributed by atoms with Crippen molar-refractivity contribution in [3.63, 3.8) is 0 Å². The lowest BCUT2D eigenvalue weighted by Gasteiger charge is -2.17. The average molecular weight is 358 g/mol. The predicted octanol–water partition coefficient (Wildman–Crippen LogP) is 3.00. The molecule has 0 atom stereocenters. The third-order valence-corrected chi connectivity index (χ3v) is 4.31. The summed E-state index contributed by atoms with van der Waals surface area (Å²) in [7, 11) is 0. The van der Waals surface area contributed by atoms with Crippen LogP contribution in [0.4, 0.5) is 10.1 Å². The summed E-state index contributed by atoms with van der Waals surface area (Å²) in [5, 5.41) is 5.59. The number of aromatic nitrogens is 2. The molecule has 2 amide bonds. The number of amides is 2. The molecule has 138 valence electrons. The standard InChI is InChI=1S/C19H23FN4O2/c1-12(2)11-21-19(26)17-23-16(15-5-3-4-10-24(15)17)18(25)22-14-8-6-13(20)7-9-14/h6-9,12H,3-5,10-11H2,1-2H3,(H,21,26)(H,22,25). The first kappa shape index (κ1) is 18.1.